The Kier molecular flexibility index (Phi) is 4.19. The van der Waals surface area contributed by atoms with Crippen LogP contribution in [0.1, 0.15) is 37.8 Å². The molecule has 2 heteroatoms. The topological polar surface area (TPSA) is 29.3 Å². The van der Waals surface area contributed by atoms with Crippen molar-refractivity contribution < 1.29 is 0 Å². The summed E-state index contributed by atoms with van der Waals surface area (Å²) < 4.78 is 0. The third-order valence-electron chi connectivity index (χ3n) is 3.94. The van der Waals surface area contributed by atoms with Crippen molar-refractivity contribution in [2.24, 2.45) is 5.73 Å². The second-order valence-corrected chi connectivity index (χ2v) is 5.17. The molecule has 0 fully saturated rings. The van der Waals surface area contributed by atoms with Gasteiger partial charge in [0.2, 0.25) is 0 Å². The zero-order valence-corrected chi connectivity index (χ0v) is 11.0. The minimum Gasteiger partial charge on any atom is -0.329 e. The summed E-state index contributed by atoms with van der Waals surface area (Å²) in [6, 6.07) is 9.95. The van der Waals surface area contributed by atoms with Gasteiger partial charge in [0.25, 0.3) is 0 Å². The average Bonchev–Trinajstić information content (AvgIpc) is 2.37. The molecule has 17 heavy (non-hydrogen) atoms. The molecule has 1 aliphatic heterocycles. The summed E-state index contributed by atoms with van der Waals surface area (Å²) in [5, 5.41) is 0. The summed E-state index contributed by atoms with van der Waals surface area (Å²) in [6.45, 7) is 6.42. The summed E-state index contributed by atoms with van der Waals surface area (Å²) in [6.07, 6.45) is 3.62. The second kappa shape index (κ2) is 5.65. The summed E-state index contributed by atoms with van der Waals surface area (Å²) in [5.41, 5.74) is 8.92. The smallest absolute Gasteiger partial charge is 0.0265 e. The van der Waals surface area contributed by atoms with Gasteiger partial charge in [0, 0.05) is 25.2 Å². The number of hydrogen-bond acceptors (Lipinski definition) is 2. The molecule has 0 aromatic heterocycles. The maximum absolute atomic E-state index is 5.94. The van der Waals surface area contributed by atoms with E-state index in [1.54, 1.807) is 0 Å². The van der Waals surface area contributed by atoms with E-state index in [2.05, 4.69) is 43.0 Å². The van der Waals surface area contributed by atoms with Crippen LogP contribution in [0.3, 0.4) is 0 Å². The Bertz CT molecular complexity index is 362. The fraction of sp³-hybridized carbons (Fsp3) is 0.600. The summed E-state index contributed by atoms with van der Waals surface area (Å²) in [4.78, 5) is 2.59. The van der Waals surface area contributed by atoms with Gasteiger partial charge < -0.3 is 5.73 Å². The van der Waals surface area contributed by atoms with Crippen LogP contribution in [0, 0.1) is 0 Å². The maximum atomic E-state index is 5.94. The largest absolute Gasteiger partial charge is 0.329 e. The lowest BCUT2D eigenvalue weighted by Crippen LogP contribution is -2.49. The molecule has 94 valence electrons. The molecule has 2 atom stereocenters. The highest BCUT2D eigenvalue weighted by molar-refractivity contribution is 5.30. The molecule has 1 aliphatic rings. The molecule has 0 saturated heterocycles. The Morgan fingerprint density at radius 3 is 2.71 bits per heavy atom. The van der Waals surface area contributed by atoms with Gasteiger partial charge in [-0.3, -0.25) is 4.90 Å². The molecule has 0 spiro atoms. The summed E-state index contributed by atoms with van der Waals surface area (Å²) in [5.74, 6) is 0. The van der Waals surface area contributed by atoms with Crippen LogP contribution in [0.2, 0.25) is 0 Å². The number of rotatable bonds is 4. The first-order chi connectivity index (χ1) is 8.26. The van der Waals surface area contributed by atoms with Crippen molar-refractivity contribution in [3.8, 4) is 0 Å². The van der Waals surface area contributed by atoms with Gasteiger partial charge in [-0.2, -0.15) is 0 Å². The minimum atomic E-state index is 0.520. The van der Waals surface area contributed by atoms with Gasteiger partial charge >= 0.3 is 0 Å². The molecule has 0 radical (unpaired) electrons. The molecule has 2 unspecified atom stereocenters. The predicted molar refractivity (Wildman–Crippen MR) is 72.9 cm³/mol. The molecular formula is C15H24N2. The van der Waals surface area contributed by atoms with Crippen LogP contribution in [0.15, 0.2) is 24.3 Å². The number of nitrogens with zero attached hydrogens (tertiary/aromatic N) is 1. The third kappa shape index (κ3) is 2.70. The van der Waals surface area contributed by atoms with Crippen LogP contribution < -0.4 is 5.73 Å². The highest BCUT2D eigenvalue weighted by Gasteiger charge is 2.27. The molecule has 0 aliphatic carbocycles. The fourth-order valence-corrected chi connectivity index (χ4v) is 2.93. The van der Waals surface area contributed by atoms with Gasteiger partial charge in [-0.25, -0.2) is 0 Å². The van der Waals surface area contributed by atoms with Crippen LogP contribution in [0.25, 0.3) is 0 Å². The lowest BCUT2D eigenvalue weighted by Gasteiger charge is -2.40. The normalized spacial score (nSPS) is 22.2. The van der Waals surface area contributed by atoms with Gasteiger partial charge in [-0.15, -0.1) is 0 Å². The number of benzene rings is 1. The zero-order valence-electron chi connectivity index (χ0n) is 11.0. The molecule has 1 heterocycles. The highest BCUT2D eigenvalue weighted by Crippen LogP contribution is 2.25. The van der Waals surface area contributed by atoms with Gasteiger partial charge in [0.05, 0.1) is 0 Å². The van der Waals surface area contributed by atoms with E-state index in [1.807, 2.05) is 0 Å². The highest BCUT2D eigenvalue weighted by atomic mass is 15.2. The van der Waals surface area contributed by atoms with Crippen molar-refractivity contribution in [3.63, 3.8) is 0 Å². The Morgan fingerprint density at radius 1 is 1.35 bits per heavy atom. The Balaban J connectivity index is 2.18. The molecule has 1 aromatic rings. The van der Waals surface area contributed by atoms with Crippen molar-refractivity contribution in [2.45, 2.75) is 51.7 Å². The van der Waals surface area contributed by atoms with Gasteiger partial charge in [-0.1, -0.05) is 37.6 Å². The predicted octanol–water partition coefficient (Wildman–Crippen LogP) is 2.56. The molecule has 2 nitrogen and oxygen atoms in total. The van der Waals surface area contributed by atoms with E-state index in [0.29, 0.717) is 12.1 Å². The van der Waals surface area contributed by atoms with E-state index in [1.165, 1.54) is 24.0 Å². The molecule has 2 N–H and O–H groups in total. The minimum absolute atomic E-state index is 0.520. The summed E-state index contributed by atoms with van der Waals surface area (Å²) >= 11 is 0. The van der Waals surface area contributed by atoms with E-state index in [0.717, 1.165) is 19.5 Å². The number of hydrogen-bond donors (Lipinski definition) is 1. The molecular weight excluding hydrogens is 208 g/mol. The first-order valence-electron chi connectivity index (χ1n) is 6.78. The van der Waals surface area contributed by atoms with Gasteiger partial charge in [0.1, 0.15) is 0 Å². The quantitative estimate of drug-likeness (QED) is 0.864. The van der Waals surface area contributed by atoms with Crippen LogP contribution in [-0.4, -0.2) is 23.5 Å². The van der Waals surface area contributed by atoms with E-state index in [9.17, 15) is 0 Å². The van der Waals surface area contributed by atoms with Crippen molar-refractivity contribution in [2.75, 3.05) is 6.54 Å². The maximum Gasteiger partial charge on any atom is 0.0265 e. The van der Waals surface area contributed by atoms with Crippen LogP contribution >= 0.6 is 0 Å². The van der Waals surface area contributed by atoms with E-state index in [-0.39, 0.29) is 0 Å². The van der Waals surface area contributed by atoms with Gasteiger partial charge in [0.15, 0.2) is 0 Å². The Morgan fingerprint density at radius 2 is 2.06 bits per heavy atom. The number of nitrogens with two attached hydrogens (primary N) is 1. The lowest BCUT2D eigenvalue weighted by molar-refractivity contribution is 0.118. The first-order valence-corrected chi connectivity index (χ1v) is 6.78. The van der Waals surface area contributed by atoms with Crippen molar-refractivity contribution in [3.05, 3.63) is 35.4 Å². The monoisotopic (exact) mass is 232 g/mol. The molecule has 2 rings (SSSR count). The third-order valence-corrected chi connectivity index (χ3v) is 3.94. The molecule has 1 aromatic carbocycles. The standard InChI is InChI=1S/C15H24N2/c1-3-6-12(2)17-11-14-8-5-4-7-13(14)9-15(17)10-16/h4-5,7-8,12,15H,3,6,9-11,16H2,1-2H3. The van der Waals surface area contributed by atoms with Crippen LogP contribution in [-0.2, 0) is 13.0 Å². The van der Waals surface area contributed by atoms with Crippen molar-refractivity contribution in [1.82, 2.24) is 4.90 Å². The SMILES string of the molecule is CCCC(C)N1Cc2ccccc2CC1CN. The van der Waals surface area contributed by atoms with Crippen molar-refractivity contribution in [1.29, 1.82) is 0 Å². The van der Waals surface area contributed by atoms with Crippen molar-refractivity contribution >= 4 is 0 Å². The Hall–Kier alpha value is -0.860. The second-order valence-electron chi connectivity index (χ2n) is 5.17. The first kappa shape index (κ1) is 12.6. The zero-order chi connectivity index (χ0) is 12.3. The molecule has 0 amide bonds. The molecule has 0 saturated carbocycles. The Labute approximate surface area is 105 Å². The summed E-state index contributed by atoms with van der Waals surface area (Å²) in [7, 11) is 0. The average molecular weight is 232 g/mol. The number of fused-ring (bicyclic) bond motifs is 1. The van der Waals surface area contributed by atoms with Gasteiger partial charge in [-0.05, 0) is 30.9 Å². The van der Waals surface area contributed by atoms with E-state index >= 15 is 0 Å². The lowest BCUT2D eigenvalue weighted by atomic mass is 9.92. The molecule has 0 bridgehead atoms. The van der Waals surface area contributed by atoms with Crippen LogP contribution in [0.5, 0.6) is 0 Å². The van der Waals surface area contributed by atoms with Crippen LogP contribution in [0.4, 0.5) is 0 Å². The fourth-order valence-electron chi connectivity index (χ4n) is 2.93. The van der Waals surface area contributed by atoms with E-state index < -0.39 is 0 Å². The van der Waals surface area contributed by atoms with E-state index in [4.69, 9.17) is 5.73 Å².